The Hall–Kier alpha value is -1.14. The summed E-state index contributed by atoms with van der Waals surface area (Å²) in [6, 6.07) is 10.2. The maximum atomic E-state index is 12.7. The molecule has 1 amide bonds. The molecular weight excluding hydrogens is 377 g/mol. The SMILES string of the molecule is CC(C)(C)c1nc(C(=O)N(CCN)CCc2ccccc2)cs1.Cl.Cl. The van der Waals surface area contributed by atoms with Crippen molar-refractivity contribution >= 4 is 42.1 Å². The van der Waals surface area contributed by atoms with Crippen molar-refractivity contribution in [2.24, 2.45) is 5.73 Å². The molecule has 0 fully saturated rings. The average Bonchev–Trinajstić information content (AvgIpc) is 3.02. The van der Waals surface area contributed by atoms with Gasteiger partial charge >= 0.3 is 0 Å². The molecule has 2 rings (SSSR count). The number of hydrogen-bond donors (Lipinski definition) is 1. The Kier molecular flexibility index (Phi) is 10.3. The van der Waals surface area contributed by atoms with Gasteiger partial charge in [-0.2, -0.15) is 0 Å². The third-order valence-electron chi connectivity index (χ3n) is 3.56. The number of amides is 1. The van der Waals surface area contributed by atoms with E-state index < -0.39 is 0 Å². The lowest BCUT2D eigenvalue weighted by atomic mass is 9.98. The van der Waals surface area contributed by atoms with Crippen molar-refractivity contribution in [3.8, 4) is 0 Å². The standard InChI is InChI=1S/C18H25N3OS.2ClH/c1-18(2,3)17-20-15(13-23-17)16(22)21(12-10-19)11-9-14-7-5-4-6-8-14;;/h4-8,13H,9-12,19H2,1-3H3;2*1H. The van der Waals surface area contributed by atoms with Crippen LogP contribution in [0.15, 0.2) is 35.7 Å². The van der Waals surface area contributed by atoms with Crippen molar-refractivity contribution in [2.75, 3.05) is 19.6 Å². The highest BCUT2D eigenvalue weighted by atomic mass is 35.5. The summed E-state index contributed by atoms with van der Waals surface area (Å²) in [4.78, 5) is 19.0. The van der Waals surface area contributed by atoms with E-state index in [4.69, 9.17) is 5.73 Å². The largest absolute Gasteiger partial charge is 0.336 e. The topological polar surface area (TPSA) is 59.2 Å². The maximum absolute atomic E-state index is 12.7. The van der Waals surface area contributed by atoms with Gasteiger partial charge in [-0.1, -0.05) is 51.1 Å². The molecule has 2 aromatic rings. The molecule has 1 aromatic carbocycles. The second-order valence-electron chi connectivity index (χ2n) is 6.60. The fraction of sp³-hybridized carbons (Fsp3) is 0.444. The highest BCUT2D eigenvalue weighted by molar-refractivity contribution is 7.10. The second kappa shape index (κ2) is 10.8. The van der Waals surface area contributed by atoms with Crippen LogP contribution in [-0.2, 0) is 11.8 Å². The number of carbonyl (C=O) groups excluding carboxylic acids is 1. The Labute approximate surface area is 166 Å². The molecule has 0 radical (unpaired) electrons. The zero-order valence-corrected chi connectivity index (χ0v) is 17.3. The minimum atomic E-state index is -0.0358. The molecule has 25 heavy (non-hydrogen) atoms. The lowest BCUT2D eigenvalue weighted by molar-refractivity contribution is 0.0756. The summed E-state index contributed by atoms with van der Waals surface area (Å²) >= 11 is 1.54. The first-order valence-electron chi connectivity index (χ1n) is 7.91. The minimum Gasteiger partial charge on any atom is -0.336 e. The zero-order valence-electron chi connectivity index (χ0n) is 14.9. The van der Waals surface area contributed by atoms with Crippen LogP contribution in [0.25, 0.3) is 0 Å². The normalized spacial score (nSPS) is 10.6. The van der Waals surface area contributed by atoms with E-state index in [9.17, 15) is 4.79 Å². The van der Waals surface area contributed by atoms with Crippen molar-refractivity contribution in [3.05, 3.63) is 52.0 Å². The monoisotopic (exact) mass is 403 g/mol. The molecular formula is C18H27Cl2N3OS. The molecule has 0 saturated carbocycles. The number of carbonyl (C=O) groups is 1. The molecule has 0 saturated heterocycles. The van der Waals surface area contributed by atoms with E-state index in [1.807, 2.05) is 23.6 Å². The molecule has 0 atom stereocenters. The second-order valence-corrected chi connectivity index (χ2v) is 7.46. The lowest BCUT2D eigenvalue weighted by Crippen LogP contribution is -2.37. The Bertz CT molecular complexity index is 641. The van der Waals surface area contributed by atoms with Gasteiger partial charge in [0.25, 0.3) is 5.91 Å². The molecule has 0 aliphatic heterocycles. The molecule has 2 N–H and O–H groups in total. The number of halogens is 2. The number of hydrogen-bond acceptors (Lipinski definition) is 4. The van der Waals surface area contributed by atoms with Crippen LogP contribution in [0.5, 0.6) is 0 Å². The number of thiazole rings is 1. The fourth-order valence-corrected chi connectivity index (χ4v) is 3.14. The molecule has 0 aliphatic rings. The number of benzene rings is 1. The average molecular weight is 404 g/mol. The Morgan fingerprint density at radius 3 is 2.32 bits per heavy atom. The van der Waals surface area contributed by atoms with Gasteiger partial charge in [0, 0.05) is 30.4 Å². The summed E-state index contributed by atoms with van der Waals surface area (Å²) in [6.45, 7) is 7.97. The van der Waals surface area contributed by atoms with E-state index in [0.717, 1.165) is 11.4 Å². The van der Waals surface area contributed by atoms with Gasteiger partial charge in [0.1, 0.15) is 5.69 Å². The van der Waals surface area contributed by atoms with E-state index in [2.05, 4.69) is 37.9 Å². The Morgan fingerprint density at radius 1 is 1.16 bits per heavy atom. The predicted octanol–water partition coefficient (Wildman–Crippen LogP) is 3.93. The van der Waals surface area contributed by atoms with E-state index in [1.165, 1.54) is 5.56 Å². The molecule has 7 heteroatoms. The Morgan fingerprint density at radius 2 is 1.80 bits per heavy atom. The van der Waals surface area contributed by atoms with Crippen LogP contribution >= 0.6 is 36.2 Å². The van der Waals surface area contributed by atoms with Crippen LogP contribution in [-0.4, -0.2) is 35.4 Å². The molecule has 140 valence electrons. The Balaban J connectivity index is 0.00000288. The van der Waals surface area contributed by atoms with Gasteiger partial charge in [0.2, 0.25) is 0 Å². The number of aromatic nitrogens is 1. The smallest absolute Gasteiger partial charge is 0.273 e. The minimum absolute atomic E-state index is 0. The molecule has 0 spiro atoms. The van der Waals surface area contributed by atoms with Gasteiger partial charge in [-0.15, -0.1) is 36.2 Å². The summed E-state index contributed by atoms with van der Waals surface area (Å²) < 4.78 is 0. The highest BCUT2D eigenvalue weighted by Gasteiger charge is 2.23. The van der Waals surface area contributed by atoms with Crippen LogP contribution in [0.1, 0.15) is 41.8 Å². The first kappa shape index (κ1) is 23.9. The number of nitrogens with zero attached hydrogens (tertiary/aromatic N) is 2. The van der Waals surface area contributed by atoms with Gasteiger partial charge in [-0.25, -0.2) is 4.98 Å². The lowest BCUT2D eigenvalue weighted by Gasteiger charge is -2.21. The molecule has 4 nitrogen and oxygen atoms in total. The summed E-state index contributed by atoms with van der Waals surface area (Å²) in [5.74, 6) is -0.0295. The van der Waals surface area contributed by atoms with E-state index in [1.54, 1.807) is 16.2 Å². The van der Waals surface area contributed by atoms with Gasteiger partial charge in [-0.05, 0) is 12.0 Å². The third kappa shape index (κ3) is 6.94. The van der Waals surface area contributed by atoms with Crippen molar-refractivity contribution in [3.63, 3.8) is 0 Å². The summed E-state index contributed by atoms with van der Waals surface area (Å²) in [7, 11) is 0. The van der Waals surface area contributed by atoms with Crippen molar-refractivity contribution in [1.82, 2.24) is 9.88 Å². The molecule has 1 aromatic heterocycles. The van der Waals surface area contributed by atoms with Crippen LogP contribution in [0.3, 0.4) is 0 Å². The van der Waals surface area contributed by atoms with Crippen LogP contribution in [0, 0.1) is 0 Å². The molecule has 0 unspecified atom stereocenters. The van der Waals surface area contributed by atoms with Crippen molar-refractivity contribution in [2.45, 2.75) is 32.6 Å². The van der Waals surface area contributed by atoms with Gasteiger partial charge in [0.05, 0.1) is 5.01 Å². The summed E-state index contributed by atoms with van der Waals surface area (Å²) in [5.41, 5.74) is 7.39. The fourth-order valence-electron chi connectivity index (χ4n) is 2.26. The quantitative estimate of drug-likeness (QED) is 0.794. The van der Waals surface area contributed by atoms with Gasteiger partial charge < -0.3 is 10.6 Å². The van der Waals surface area contributed by atoms with Crippen molar-refractivity contribution in [1.29, 1.82) is 0 Å². The van der Waals surface area contributed by atoms with E-state index in [-0.39, 0.29) is 36.1 Å². The third-order valence-corrected chi connectivity index (χ3v) is 4.83. The van der Waals surface area contributed by atoms with Crippen LogP contribution in [0.2, 0.25) is 0 Å². The van der Waals surface area contributed by atoms with E-state index >= 15 is 0 Å². The summed E-state index contributed by atoms with van der Waals surface area (Å²) in [5, 5.41) is 2.84. The summed E-state index contributed by atoms with van der Waals surface area (Å²) in [6.07, 6.45) is 0.822. The van der Waals surface area contributed by atoms with Crippen LogP contribution in [0.4, 0.5) is 0 Å². The van der Waals surface area contributed by atoms with Gasteiger partial charge in [-0.3, -0.25) is 4.79 Å². The molecule has 0 aliphatic carbocycles. The van der Waals surface area contributed by atoms with Gasteiger partial charge in [0.15, 0.2) is 0 Å². The number of rotatable bonds is 6. The zero-order chi connectivity index (χ0) is 16.9. The van der Waals surface area contributed by atoms with Crippen molar-refractivity contribution < 1.29 is 4.79 Å². The maximum Gasteiger partial charge on any atom is 0.273 e. The molecule has 0 bridgehead atoms. The number of nitrogens with two attached hydrogens (primary N) is 1. The predicted molar refractivity (Wildman–Crippen MR) is 110 cm³/mol. The molecule has 1 heterocycles. The highest BCUT2D eigenvalue weighted by Crippen LogP contribution is 2.26. The van der Waals surface area contributed by atoms with E-state index in [0.29, 0.717) is 25.3 Å². The first-order valence-corrected chi connectivity index (χ1v) is 8.79. The first-order chi connectivity index (χ1) is 10.9. The van der Waals surface area contributed by atoms with Crippen LogP contribution < -0.4 is 5.73 Å².